The van der Waals surface area contributed by atoms with E-state index < -0.39 is 35.9 Å². The average Bonchev–Trinajstić information content (AvgIpc) is 3.31. The number of amides is 3. The van der Waals surface area contributed by atoms with Crippen LogP contribution in [0, 0.1) is 0 Å². The molecule has 1 aliphatic rings. The number of ether oxygens (including phenoxy) is 1. The van der Waals surface area contributed by atoms with Gasteiger partial charge in [-0.1, -0.05) is 18.6 Å². The van der Waals surface area contributed by atoms with Crippen molar-refractivity contribution < 1.29 is 23.9 Å². The van der Waals surface area contributed by atoms with Crippen LogP contribution in [0.25, 0.3) is 21.8 Å². The van der Waals surface area contributed by atoms with Crippen LogP contribution >= 0.6 is 12.4 Å². The third-order valence-electron chi connectivity index (χ3n) is 7.45. The van der Waals surface area contributed by atoms with E-state index in [0.29, 0.717) is 19.3 Å². The van der Waals surface area contributed by atoms with Gasteiger partial charge in [-0.05, 0) is 67.5 Å². The number of hydrogen-bond acceptors (Lipinski definition) is 6. The maximum absolute atomic E-state index is 13.5. The molecule has 1 aliphatic heterocycles. The zero-order chi connectivity index (χ0) is 30.2. The Morgan fingerprint density at radius 1 is 1.00 bits per heavy atom. The van der Waals surface area contributed by atoms with Crippen LogP contribution in [-0.4, -0.2) is 66.4 Å². The first-order valence-electron chi connectivity index (χ1n) is 14.2. The van der Waals surface area contributed by atoms with Gasteiger partial charge in [-0.2, -0.15) is 0 Å². The smallest absolute Gasteiger partial charge is 0.328 e. The molecule has 0 radical (unpaired) electrons. The van der Waals surface area contributed by atoms with Gasteiger partial charge in [0.25, 0.3) is 0 Å². The Hall–Kier alpha value is -4.32. The lowest BCUT2D eigenvalue weighted by atomic mass is 9.99. The molecule has 0 fully saturated rings. The van der Waals surface area contributed by atoms with Crippen molar-refractivity contribution in [3.63, 3.8) is 0 Å². The van der Waals surface area contributed by atoms with E-state index in [2.05, 4.69) is 44.1 Å². The molecule has 3 aromatic rings. The number of H-pyrrole nitrogens is 1. The zero-order valence-electron chi connectivity index (χ0n) is 24.4. The first kappa shape index (κ1) is 33.2. The standard InChI is InChI=1S/C30H39N7O5.ClH/c1-17(38)34-26-16-19-10-12-23-21(15-19)20-14-18(9-11-22(20)35-23)6-3-4-7-25(29(41)42-2)37-27(39)24(36-28(26)40)8-5-13-33-30(31)32;/h9-12,14-15,24-26,35H,3-8,13,16H2,1-2H3,(H,34,38)(H,36,40)(H,37,39)(H4,31,32,33);1H/t24-,25+,26?;/m1./s1. The molecular formula is C30H40ClN7O5. The highest BCUT2D eigenvalue weighted by atomic mass is 35.5. The molecular weight excluding hydrogens is 574 g/mol. The van der Waals surface area contributed by atoms with Crippen molar-refractivity contribution >= 4 is 63.9 Å². The lowest BCUT2D eigenvalue weighted by Gasteiger charge is -2.25. The zero-order valence-corrected chi connectivity index (χ0v) is 25.2. The fraction of sp³-hybridized carbons (Fsp3) is 0.433. The van der Waals surface area contributed by atoms with Crippen molar-refractivity contribution in [1.29, 1.82) is 0 Å². The predicted molar refractivity (Wildman–Crippen MR) is 168 cm³/mol. The highest BCUT2D eigenvalue weighted by molar-refractivity contribution is 6.07. The first-order chi connectivity index (χ1) is 20.1. The van der Waals surface area contributed by atoms with Crippen LogP contribution in [0.1, 0.15) is 50.2 Å². The molecule has 1 unspecified atom stereocenters. The van der Waals surface area contributed by atoms with Crippen molar-refractivity contribution in [3.8, 4) is 0 Å². The van der Waals surface area contributed by atoms with Crippen LogP contribution in [0.4, 0.5) is 0 Å². The summed E-state index contributed by atoms with van der Waals surface area (Å²) in [4.78, 5) is 59.0. The summed E-state index contributed by atoms with van der Waals surface area (Å²) in [5, 5.41) is 10.4. The number of nitrogens with zero attached hydrogens (tertiary/aromatic N) is 1. The minimum Gasteiger partial charge on any atom is -0.467 e. The molecule has 2 aromatic carbocycles. The third kappa shape index (κ3) is 8.84. The minimum atomic E-state index is -0.999. The van der Waals surface area contributed by atoms with Crippen molar-refractivity contribution in [2.45, 2.75) is 70.0 Å². The highest BCUT2D eigenvalue weighted by Gasteiger charge is 2.30. The molecule has 232 valence electrons. The molecule has 0 saturated heterocycles. The monoisotopic (exact) mass is 613 g/mol. The van der Waals surface area contributed by atoms with E-state index in [9.17, 15) is 19.2 Å². The summed E-state index contributed by atoms with van der Waals surface area (Å²) in [5.74, 6) is -2.07. The Morgan fingerprint density at radius 3 is 2.33 bits per heavy atom. The molecule has 3 amide bonds. The summed E-state index contributed by atoms with van der Waals surface area (Å²) in [7, 11) is 1.27. The molecule has 0 saturated carbocycles. The van der Waals surface area contributed by atoms with Gasteiger partial charge in [-0.15, -0.1) is 12.4 Å². The molecule has 0 aliphatic carbocycles. The van der Waals surface area contributed by atoms with E-state index >= 15 is 0 Å². The SMILES string of the molecule is COC(=O)[C@@H]1CCCCc2ccc3[nH]c4ccc(cc4c3c2)CC(NC(C)=O)C(=O)N[C@H](CCCN=C(N)N)C(=O)N1.Cl. The first-order valence-corrected chi connectivity index (χ1v) is 14.2. The lowest BCUT2D eigenvalue weighted by molar-refractivity contribution is -0.145. The van der Waals surface area contributed by atoms with Gasteiger partial charge in [0.1, 0.15) is 18.1 Å². The van der Waals surface area contributed by atoms with Gasteiger partial charge in [0, 0.05) is 41.7 Å². The van der Waals surface area contributed by atoms with Crippen molar-refractivity contribution in [2.24, 2.45) is 16.5 Å². The average molecular weight is 614 g/mol. The maximum Gasteiger partial charge on any atom is 0.328 e. The normalized spacial score (nSPS) is 19.6. The number of aryl methyl sites for hydroxylation is 1. The largest absolute Gasteiger partial charge is 0.467 e. The molecule has 13 heteroatoms. The summed E-state index contributed by atoms with van der Waals surface area (Å²) in [6, 6.07) is 9.40. The quantitative estimate of drug-likeness (QED) is 0.105. The Labute approximate surface area is 256 Å². The second-order valence-electron chi connectivity index (χ2n) is 10.7. The highest BCUT2D eigenvalue weighted by Crippen LogP contribution is 2.28. The van der Waals surface area contributed by atoms with Crippen molar-refractivity contribution in [3.05, 3.63) is 47.5 Å². The van der Waals surface area contributed by atoms with E-state index in [4.69, 9.17) is 16.2 Å². The topological polar surface area (TPSA) is 194 Å². The number of nitrogens with one attached hydrogen (secondary N) is 4. The molecule has 2 heterocycles. The maximum atomic E-state index is 13.5. The van der Waals surface area contributed by atoms with Gasteiger partial charge in [0.15, 0.2) is 5.96 Å². The second-order valence-corrected chi connectivity index (χ2v) is 10.7. The van der Waals surface area contributed by atoms with Gasteiger partial charge in [0.05, 0.1) is 7.11 Å². The number of methoxy groups -OCH3 is 1. The summed E-state index contributed by atoms with van der Waals surface area (Å²) in [5.41, 5.74) is 14.8. The van der Waals surface area contributed by atoms with Crippen LogP contribution in [0.15, 0.2) is 41.4 Å². The number of aromatic amines is 1. The van der Waals surface area contributed by atoms with E-state index in [1.807, 2.05) is 18.2 Å². The Kier molecular flexibility index (Phi) is 11.8. The molecule has 12 nitrogen and oxygen atoms in total. The van der Waals surface area contributed by atoms with Crippen molar-refractivity contribution in [1.82, 2.24) is 20.9 Å². The predicted octanol–water partition coefficient (Wildman–Crippen LogP) is 1.71. The molecule has 3 atom stereocenters. The van der Waals surface area contributed by atoms with E-state index in [1.54, 1.807) is 0 Å². The molecule has 43 heavy (non-hydrogen) atoms. The summed E-state index contributed by atoms with van der Waals surface area (Å²) in [6.45, 7) is 1.59. The number of esters is 1. The molecule has 1 aromatic heterocycles. The van der Waals surface area contributed by atoms with Gasteiger partial charge in [-0.3, -0.25) is 19.4 Å². The fourth-order valence-corrected chi connectivity index (χ4v) is 5.35. The summed E-state index contributed by atoms with van der Waals surface area (Å²) < 4.78 is 4.95. The number of carbonyl (C=O) groups excluding carboxylic acids is 4. The van der Waals surface area contributed by atoms with Crippen LogP contribution < -0.4 is 27.4 Å². The number of aliphatic imine (C=N–C) groups is 1. The lowest BCUT2D eigenvalue weighted by Crippen LogP contribution is -2.56. The number of nitrogens with two attached hydrogens (primary N) is 2. The Morgan fingerprint density at radius 2 is 1.67 bits per heavy atom. The molecule has 4 rings (SSSR count). The van der Waals surface area contributed by atoms with Crippen molar-refractivity contribution in [2.75, 3.05) is 13.7 Å². The van der Waals surface area contributed by atoms with E-state index in [-0.39, 0.29) is 43.7 Å². The Bertz CT molecular complexity index is 1500. The number of aromatic nitrogens is 1. The fourth-order valence-electron chi connectivity index (χ4n) is 5.35. The number of rotatable bonds is 6. The van der Waals surface area contributed by atoms with E-state index in [1.165, 1.54) is 14.0 Å². The third-order valence-corrected chi connectivity index (χ3v) is 7.45. The van der Waals surface area contributed by atoms with Crippen LogP contribution in [0.3, 0.4) is 0 Å². The summed E-state index contributed by atoms with van der Waals surface area (Å²) in [6.07, 6.45) is 3.46. The van der Waals surface area contributed by atoms with E-state index in [0.717, 1.165) is 45.8 Å². The molecule has 4 bridgehead atoms. The number of fused-ring (bicyclic) bond motifs is 2. The van der Waals surface area contributed by atoms with Gasteiger partial charge in [-0.25, -0.2) is 4.79 Å². The number of carbonyl (C=O) groups is 4. The van der Waals surface area contributed by atoms with Gasteiger partial charge in [0.2, 0.25) is 17.7 Å². The van der Waals surface area contributed by atoms with Crippen LogP contribution in [0.5, 0.6) is 0 Å². The number of guanidine groups is 1. The van der Waals surface area contributed by atoms with Gasteiger partial charge >= 0.3 is 5.97 Å². The molecule has 8 N–H and O–H groups in total. The number of benzene rings is 2. The second kappa shape index (κ2) is 15.2. The van der Waals surface area contributed by atoms with Crippen LogP contribution in [-0.2, 0) is 36.8 Å². The Balaban J connectivity index is 0.00000506. The molecule has 0 spiro atoms. The van der Waals surface area contributed by atoms with Crippen LogP contribution in [0.2, 0.25) is 0 Å². The number of hydrogen-bond donors (Lipinski definition) is 6. The summed E-state index contributed by atoms with van der Waals surface area (Å²) >= 11 is 0. The minimum absolute atomic E-state index is 0. The van der Waals surface area contributed by atoms with Gasteiger partial charge < -0.3 is 37.1 Å². The number of halogens is 1.